The highest BCUT2D eigenvalue weighted by Crippen LogP contribution is 2.17. The van der Waals surface area contributed by atoms with Crippen LogP contribution in [0.5, 0.6) is 0 Å². The first kappa shape index (κ1) is 14.2. The van der Waals surface area contributed by atoms with Gasteiger partial charge in [0.2, 0.25) is 0 Å². The Labute approximate surface area is 104 Å². The van der Waals surface area contributed by atoms with Gasteiger partial charge >= 0.3 is 0 Å². The van der Waals surface area contributed by atoms with Crippen molar-refractivity contribution in [2.45, 2.75) is 51.8 Å². The Balaban J connectivity index is 2.77. The van der Waals surface area contributed by atoms with Gasteiger partial charge in [0.1, 0.15) is 5.82 Å². The summed E-state index contributed by atoms with van der Waals surface area (Å²) in [6.07, 6.45) is 5.93. The molecule has 1 N–H and O–H groups in total. The number of methoxy groups -OCH3 is 1. The maximum absolute atomic E-state index is 5.54. The van der Waals surface area contributed by atoms with Crippen LogP contribution >= 0.6 is 0 Å². The van der Waals surface area contributed by atoms with E-state index in [9.17, 15) is 0 Å². The molecule has 0 amide bonds. The summed E-state index contributed by atoms with van der Waals surface area (Å²) in [6.45, 7) is 7.40. The van der Waals surface area contributed by atoms with Crippen molar-refractivity contribution < 1.29 is 4.74 Å². The number of likely N-dealkylation sites (N-methyl/N-ethyl adjacent to an activating group) is 1. The van der Waals surface area contributed by atoms with Gasteiger partial charge in [-0.2, -0.15) is 0 Å². The maximum Gasteiger partial charge on any atom is 0.110 e. The van der Waals surface area contributed by atoms with Crippen LogP contribution in [0, 0.1) is 0 Å². The van der Waals surface area contributed by atoms with Crippen LogP contribution in [0.25, 0.3) is 0 Å². The summed E-state index contributed by atoms with van der Waals surface area (Å²) in [6, 6.07) is 0.255. The van der Waals surface area contributed by atoms with Crippen LogP contribution < -0.4 is 5.32 Å². The van der Waals surface area contributed by atoms with Gasteiger partial charge in [0.25, 0.3) is 0 Å². The summed E-state index contributed by atoms with van der Waals surface area (Å²) >= 11 is 0. The van der Waals surface area contributed by atoms with Crippen LogP contribution in [-0.2, 0) is 17.7 Å². The fourth-order valence-electron chi connectivity index (χ4n) is 1.99. The van der Waals surface area contributed by atoms with Gasteiger partial charge in [-0.1, -0.05) is 6.92 Å². The van der Waals surface area contributed by atoms with Crippen molar-refractivity contribution in [3.05, 3.63) is 18.2 Å². The first-order valence-corrected chi connectivity index (χ1v) is 6.27. The van der Waals surface area contributed by atoms with E-state index >= 15 is 0 Å². The number of hydrogen-bond acceptors (Lipinski definition) is 3. The second-order valence-corrected chi connectivity index (χ2v) is 4.89. The predicted molar refractivity (Wildman–Crippen MR) is 70.2 cm³/mol. The van der Waals surface area contributed by atoms with Gasteiger partial charge in [-0.15, -0.1) is 0 Å². The van der Waals surface area contributed by atoms with Crippen molar-refractivity contribution in [2.75, 3.05) is 14.2 Å². The molecule has 0 bridgehead atoms. The van der Waals surface area contributed by atoms with Crippen molar-refractivity contribution in [2.24, 2.45) is 0 Å². The van der Waals surface area contributed by atoms with E-state index in [0.29, 0.717) is 0 Å². The molecule has 98 valence electrons. The molecule has 0 saturated heterocycles. The topological polar surface area (TPSA) is 39.1 Å². The molecule has 0 saturated carbocycles. The average Bonchev–Trinajstić information content (AvgIpc) is 2.73. The molecule has 1 rings (SSSR count). The highest BCUT2D eigenvalue weighted by atomic mass is 16.5. The van der Waals surface area contributed by atoms with E-state index in [2.05, 4.69) is 35.6 Å². The van der Waals surface area contributed by atoms with Gasteiger partial charge in [-0.25, -0.2) is 4.98 Å². The average molecular weight is 239 g/mol. The predicted octanol–water partition coefficient (Wildman–Crippen LogP) is 1.85. The van der Waals surface area contributed by atoms with E-state index in [1.165, 1.54) is 0 Å². The summed E-state index contributed by atoms with van der Waals surface area (Å²) in [7, 11) is 3.72. The first-order valence-electron chi connectivity index (χ1n) is 6.27. The molecule has 1 aromatic heterocycles. The van der Waals surface area contributed by atoms with Crippen LogP contribution in [0.3, 0.4) is 0 Å². The maximum atomic E-state index is 5.54. The Hall–Kier alpha value is -0.870. The molecule has 1 atom stereocenters. The molecular weight excluding hydrogens is 214 g/mol. The second-order valence-electron chi connectivity index (χ2n) is 4.89. The Kier molecular flexibility index (Phi) is 5.15. The zero-order valence-corrected chi connectivity index (χ0v) is 11.7. The van der Waals surface area contributed by atoms with E-state index in [0.717, 1.165) is 25.2 Å². The summed E-state index contributed by atoms with van der Waals surface area (Å²) in [5.41, 5.74) is -0.197. The van der Waals surface area contributed by atoms with Crippen LogP contribution in [0.4, 0.5) is 0 Å². The SMILES string of the molecule is CCCn1ccnc1CC(NC)C(C)(C)OC. The number of rotatable bonds is 7. The van der Waals surface area contributed by atoms with Crippen molar-refractivity contribution >= 4 is 0 Å². The molecule has 17 heavy (non-hydrogen) atoms. The highest BCUT2D eigenvalue weighted by Gasteiger charge is 2.29. The van der Waals surface area contributed by atoms with Crippen LogP contribution in [0.1, 0.15) is 33.0 Å². The highest BCUT2D eigenvalue weighted by molar-refractivity contribution is 4.99. The standard InChI is InChI=1S/C13H25N3O/c1-6-8-16-9-7-15-12(16)10-11(14-4)13(2,3)17-5/h7,9,11,14H,6,8,10H2,1-5H3. The van der Waals surface area contributed by atoms with Crippen molar-refractivity contribution in [1.29, 1.82) is 0 Å². The molecule has 1 heterocycles. The zero-order chi connectivity index (χ0) is 12.9. The third kappa shape index (κ3) is 3.54. The Morgan fingerprint density at radius 2 is 2.24 bits per heavy atom. The molecular formula is C13H25N3O. The summed E-state index contributed by atoms with van der Waals surface area (Å²) < 4.78 is 7.76. The molecule has 0 spiro atoms. The lowest BCUT2D eigenvalue weighted by atomic mass is 9.95. The van der Waals surface area contributed by atoms with Gasteiger partial charge in [0, 0.05) is 38.5 Å². The minimum absolute atomic E-state index is 0.197. The van der Waals surface area contributed by atoms with E-state index < -0.39 is 0 Å². The monoisotopic (exact) mass is 239 g/mol. The normalized spacial score (nSPS) is 13.9. The van der Waals surface area contributed by atoms with Crippen molar-refractivity contribution in [3.8, 4) is 0 Å². The third-order valence-corrected chi connectivity index (χ3v) is 3.37. The molecule has 1 aromatic rings. The van der Waals surface area contributed by atoms with E-state index in [-0.39, 0.29) is 11.6 Å². The quantitative estimate of drug-likeness (QED) is 0.789. The molecule has 0 aliphatic rings. The number of nitrogens with one attached hydrogen (secondary N) is 1. The van der Waals surface area contributed by atoms with E-state index in [4.69, 9.17) is 4.74 Å². The second kappa shape index (κ2) is 6.17. The summed E-state index contributed by atoms with van der Waals surface area (Å²) in [4.78, 5) is 4.44. The van der Waals surface area contributed by atoms with Gasteiger partial charge in [-0.3, -0.25) is 0 Å². The van der Waals surface area contributed by atoms with Crippen molar-refractivity contribution in [1.82, 2.24) is 14.9 Å². The van der Waals surface area contributed by atoms with Gasteiger partial charge in [0.05, 0.1) is 5.60 Å². The number of hydrogen-bond donors (Lipinski definition) is 1. The summed E-state index contributed by atoms with van der Waals surface area (Å²) in [5.74, 6) is 1.12. The lowest BCUT2D eigenvalue weighted by molar-refractivity contribution is -0.00867. The minimum atomic E-state index is -0.197. The largest absolute Gasteiger partial charge is 0.377 e. The minimum Gasteiger partial charge on any atom is -0.377 e. The van der Waals surface area contributed by atoms with Crippen molar-refractivity contribution in [3.63, 3.8) is 0 Å². The van der Waals surface area contributed by atoms with E-state index in [1.807, 2.05) is 19.4 Å². The Morgan fingerprint density at radius 1 is 1.53 bits per heavy atom. The van der Waals surface area contributed by atoms with Crippen LogP contribution in [-0.4, -0.2) is 35.4 Å². The van der Waals surface area contributed by atoms with Gasteiger partial charge in [-0.05, 0) is 27.3 Å². The molecule has 0 fully saturated rings. The zero-order valence-electron chi connectivity index (χ0n) is 11.7. The van der Waals surface area contributed by atoms with Gasteiger partial charge < -0.3 is 14.6 Å². The molecule has 0 aliphatic heterocycles. The molecule has 4 nitrogen and oxygen atoms in total. The fourth-order valence-corrected chi connectivity index (χ4v) is 1.99. The third-order valence-electron chi connectivity index (χ3n) is 3.37. The summed E-state index contributed by atoms with van der Waals surface area (Å²) in [5, 5.41) is 3.32. The van der Waals surface area contributed by atoms with E-state index in [1.54, 1.807) is 7.11 Å². The number of aromatic nitrogens is 2. The number of aryl methyl sites for hydroxylation is 1. The molecule has 0 aromatic carbocycles. The molecule has 4 heteroatoms. The first-order chi connectivity index (χ1) is 8.05. The lowest BCUT2D eigenvalue weighted by Crippen LogP contribution is -2.48. The Bertz CT molecular complexity index is 333. The Morgan fingerprint density at radius 3 is 2.76 bits per heavy atom. The number of ether oxygens (including phenoxy) is 1. The fraction of sp³-hybridized carbons (Fsp3) is 0.769. The van der Waals surface area contributed by atoms with Gasteiger partial charge in [0.15, 0.2) is 0 Å². The molecule has 0 radical (unpaired) electrons. The molecule has 0 aliphatic carbocycles. The lowest BCUT2D eigenvalue weighted by Gasteiger charge is -2.32. The van der Waals surface area contributed by atoms with Crippen LogP contribution in [0.15, 0.2) is 12.4 Å². The van der Waals surface area contributed by atoms with Crippen LogP contribution in [0.2, 0.25) is 0 Å². The smallest absolute Gasteiger partial charge is 0.110 e. The number of imidazole rings is 1. The molecule has 1 unspecified atom stereocenters. The number of nitrogens with zero attached hydrogens (tertiary/aromatic N) is 2.